The Morgan fingerprint density at radius 2 is 1.44 bits per heavy atom. The van der Waals surface area contributed by atoms with Crippen LogP contribution < -0.4 is 0 Å². The quantitative estimate of drug-likeness (QED) is 0.702. The van der Waals surface area contributed by atoms with Gasteiger partial charge in [0.25, 0.3) is 0 Å². The second-order valence-electron chi connectivity index (χ2n) is 7.46. The summed E-state index contributed by atoms with van der Waals surface area (Å²) < 4.78 is 70.1. The van der Waals surface area contributed by atoms with Crippen LogP contribution in [0, 0.1) is 0 Å². The van der Waals surface area contributed by atoms with E-state index in [1.165, 1.54) is 24.3 Å². The normalized spacial score (nSPS) is 24.4. The maximum atomic E-state index is 15.6. The van der Waals surface area contributed by atoms with Gasteiger partial charge in [-0.3, -0.25) is 0 Å². The number of hydrogen-bond acceptors (Lipinski definition) is 3. The van der Waals surface area contributed by atoms with E-state index in [1.54, 1.807) is 45.0 Å². The van der Waals surface area contributed by atoms with E-state index in [-0.39, 0.29) is 12.1 Å². The van der Waals surface area contributed by atoms with E-state index in [2.05, 4.69) is 0 Å². The van der Waals surface area contributed by atoms with E-state index in [4.69, 9.17) is 0 Å². The van der Waals surface area contributed by atoms with Crippen LogP contribution in [-0.2, 0) is 26.4 Å². The summed E-state index contributed by atoms with van der Waals surface area (Å²) in [4.78, 5) is -0.460. The van der Waals surface area contributed by atoms with Gasteiger partial charge in [0, 0.05) is 6.54 Å². The molecule has 3 rings (SSSR count). The summed E-state index contributed by atoms with van der Waals surface area (Å²) in [5, 5.41) is -4.16. The van der Waals surface area contributed by atoms with Crippen LogP contribution in [-0.4, -0.2) is 33.5 Å². The van der Waals surface area contributed by atoms with Crippen LogP contribution in [0.3, 0.4) is 0 Å². The first-order chi connectivity index (χ1) is 12.5. The molecular formula is C19H21F2NO3S2. The van der Waals surface area contributed by atoms with Gasteiger partial charge in [-0.25, -0.2) is 16.9 Å². The fourth-order valence-corrected chi connectivity index (χ4v) is 6.10. The Morgan fingerprint density at radius 3 is 1.93 bits per heavy atom. The zero-order valence-corrected chi connectivity index (χ0v) is 16.9. The highest BCUT2D eigenvalue weighted by Crippen LogP contribution is 2.58. The molecule has 1 fully saturated rings. The summed E-state index contributed by atoms with van der Waals surface area (Å²) in [5.74, 6) is 0. The Balaban J connectivity index is 2.17. The van der Waals surface area contributed by atoms with Crippen molar-refractivity contribution < 1.29 is 21.4 Å². The lowest BCUT2D eigenvalue weighted by Crippen LogP contribution is -2.46. The summed E-state index contributed by atoms with van der Waals surface area (Å²) in [5.41, 5.74) is -2.03. The summed E-state index contributed by atoms with van der Waals surface area (Å²) in [6.07, 6.45) is 0. The molecule has 1 aliphatic rings. The molecule has 1 heterocycles. The highest BCUT2D eigenvalue weighted by Gasteiger charge is 2.77. The Kier molecular flexibility index (Phi) is 4.81. The molecule has 3 atom stereocenters. The van der Waals surface area contributed by atoms with E-state index in [9.17, 15) is 12.6 Å². The predicted octanol–water partition coefficient (Wildman–Crippen LogP) is 3.73. The van der Waals surface area contributed by atoms with Crippen LogP contribution in [0.25, 0.3) is 0 Å². The molecule has 146 valence electrons. The predicted molar refractivity (Wildman–Crippen MR) is 101 cm³/mol. The molecule has 0 saturated carbocycles. The summed E-state index contributed by atoms with van der Waals surface area (Å²) in [6.45, 7) is 4.70. The standard InChI is InChI=1S/C19H21F2NO3S2/c1-17(2,3)26(23)22-14-18(22,15-10-6-4-7-11-15)19(20,21)27(24,25)16-12-8-5-9-13-16/h4-13H,14H2,1-3H3/t18-,22?,26?/m1/s1. The lowest BCUT2D eigenvalue weighted by atomic mass is 10.00. The zero-order valence-electron chi connectivity index (χ0n) is 15.2. The molecule has 2 aromatic carbocycles. The first-order valence-corrected chi connectivity index (χ1v) is 11.0. The van der Waals surface area contributed by atoms with E-state index < -0.39 is 41.3 Å². The topological polar surface area (TPSA) is 54.2 Å². The zero-order chi connectivity index (χ0) is 20.1. The molecule has 1 saturated heterocycles. The minimum absolute atomic E-state index is 0.132. The molecule has 0 N–H and O–H groups in total. The molecule has 0 amide bonds. The molecule has 0 bridgehead atoms. The lowest BCUT2D eigenvalue weighted by Gasteiger charge is -2.29. The largest absolute Gasteiger partial charge is 0.374 e. The number of nitrogens with zero attached hydrogens (tertiary/aromatic N) is 1. The van der Waals surface area contributed by atoms with Crippen LogP contribution in [0.1, 0.15) is 26.3 Å². The van der Waals surface area contributed by atoms with E-state index in [1.807, 2.05) is 0 Å². The van der Waals surface area contributed by atoms with Gasteiger partial charge in [-0.1, -0.05) is 48.5 Å². The van der Waals surface area contributed by atoms with Gasteiger partial charge in [-0.05, 0) is 38.5 Å². The highest BCUT2D eigenvalue weighted by atomic mass is 32.2. The molecule has 2 unspecified atom stereocenters. The van der Waals surface area contributed by atoms with Gasteiger partial charge in [0.05, 0.1) is 9.64 Å². The third-order valence-corrected chi connectivity index (χ3v) is 8.34. The first kappa shape index (κ1) is 20.1. The summed E-state index contributed by atoms with van der Waals surface area (Å²) in [7, 11) is -6.80. The Morgan fingerprint density at radius 1 is 0.963 bits per heavy atom. The van der Waals surface area contributed by atoms with Crippen LogP contribution in [0.15, 0.2) is 65.6 Å². The molecule has 0 aromatic heterocycles. The summed E-state index contributed by atoms with van der Waals surface area (Å²) >= 11 is 0. The number of halogens is 2. The molecule has 0 radical (unpaired) electrons. The van der Waals surface area contributed by atoms with Crippen molar-refractivity contribution in [3.63, 3.8) is 0 Å². The number of sulfone groups is 1. The van der Waals surface area contributed by atoms with E-state index >= 15 is 8.78 Å². The van der Waals surface area contributed by atoms with Crippen molar-refractivity contribution in [3.8, 4) is 0 Å². The fourth-order valence-electron chi connectivity index (χ4n) is 3.03. The van der Waals surface area contributed by atoms with Crippen molar-refractivity contribution in [3.05, 3.63) is 66.2 Å². The molecule has 8 heteroatoms. The van der Waals surface area contributed by atoms with Crippen LogP contribution >= 0.6 is 0 Å². The van der Waals surface area contributed by atoms with Gasteiger partial charge in [-0.2, -0.15) is 8.78 Å². The second-order valence-corrected chi connectivity index (χ2v) is 11.6. The highest BCUT2D eigenvalue weighted by molar-refractivity contribution is 7.92. The third-order valence-electron chi connectivity index (χ3n) is 4.54. The number of rotatable bonds is 5. The molecule has 4 nitrogen and oxygen atoms in total. The van der Waals surface area contributed by atoms with Crippen LogP contribution in [0.5, 0.6) is 0 Å². The van der Waals surface area contributed by atoms with Gasteiger partial charge in [0.15, 0.2) is 5.54 Å². The van der Waals surface area contributed by atoms with E-state index in [0.717, 1.165) is 16.4 Å². The third kappa shape index (κ3) is 3.03. The SMILES string of the molecule is CC(C)(C)S(=O)N1C[C@@]1(c1ccccc1)C(F)(F)S(=O)(=O)c1ccccc1. The minimum Gasteiger partial charge on any atom is -0.242 e. The molecule has 0 aliphatic carbocycles. The lowest BCUT2D eigenvalue weighted by molar-refractivity contribution is 0.0353. The van der Waals surface area contributed by atoms with Gasteiger partial charge >= 0.3 is 5.25 Å². The van der Waals surface area contributed by atoms with Gasteiger partial charge in [0.1, 0.15) is 11.0 Å². The van der Waals surface area contributed by atoms with E-state index in [0.29, 0.717) is 0 Å². The Bertz CT molecular complexity index is 957. The average Bonchev–Trinajstić information content (AvgIpc) is 3.39. The Hall–Kier alpha value is -1.64. The first-order valence-electron chi connectivity index (χ1n) is 8.39. The van der Waals surface area contributed by atoms with Gasteiger partial charge in [0.2, 0.25) is 9.84 Å². The smallest absolute Gasteiger partial charge is 0.242 e. The molecule has 2 aromatic rings. The monoisotopic (exact) mass is 413 g/mol. The Labute approximate surface area is 160 Å². The van der Waals surface area contributed by atoms with Crippen molar-refractivity contribution in [1.29, 1.82) is 0 Å². The summed E-state index contributed by atoms with van der Waals surface area (Å²) in [6, 6.07) is 14.4. The molecule has 1 aliphatic heterocycles. The van der Waals surface area contributed by atoms with Gasteiger partial charge < -0.3 is 0 Å². The van der Waals surface area contributed by atoms with Crippen molar-refractivity contribution >= 4 is 20.8 Å². The number of hydrogen-bond donors (Lipinski definition) is 0. The molecular weight excluding hydrogens is 392 g/mol. The maximum absolute atomic E-state index is 15.6. The fraction of sp³-hybridized carbons (Fsp3) is 0.368. The second kappa shape index (κ2) is 6.46. The minimum atomic E-state index is -5.00. The van der Waals surface area contributed by atoms with Crippen molar-refractivity contribution in [2.24, 2.45) is 0 Å². The molecule has 27 heavy (non-hydrogen) atoms. The van der Waals surface area contributed by atoms with Crippen molar-refractivity contribution in [2.75, 3.05) is 6.54 Å². The van der Waals surface area contributed by atoms with Gasteiger partial charge in [-0.15, -0.1) is 0 Å². The average molecular weight is 414 g/mol. The number of benzene rings is 2. The molecule has 0 spiro atoms. The van der Waals surface area contributed by atoms with Crippen LogP contribution in [0.4, 0.5) is 8.78 Å². The van der Waals surface area contributed by atoms with Crippen LogP contribution in [0.2, 0.25) is 0 Å². The van der Waals surface area contributed by atoms with Crippen molar-refractivity contribution in [2.45, 2.75) is 41.2 Å². The maximum Gasteiger partial charge on any atom is 0.374 e. The number of alkyl halides is 2. The van der Waals surface area contributed by atoms with Crippen molar-refractivity contribution in [1.82, 2.24) is 4.31 Å².